The largest absolute Gasteiger partial charge is 0.368 e. The van der Waals surface area contributed by atoms with E-state index in [1.165, 1.54) is 6.42 Å². The molecule has 1 amide bonds. The molecule has 0 aliphatic carbocycles. The molecule has 16 heavy (non-hydrogen) atoms. The second kappa shape index (κ2) is 5.15. The summed E-state index contributed by atoms with van der Waals surface area (Å²) in [5.41, 5.74) is 5.68. The minimum Gasteiger partial charge on any atom is -0.368 e. The van der Waals surface area contributed by atoms with Crippen LogP contribution in [0.25, 0.3) is 0 Å². The minimum absolute atomic E-state index is 0.223. The third kappa shape index (κ3) is 3.46. The number of nitrogens with two attached hydrogens (primary N) is 1. The Bertz CT molecular complexity index is 247. The van der Waals surface area contributed by atoms with E-state index in [1.807, 2.05) is 0 Å². The van der Waals surface area contributed by atoms with E-state index >= 15 is 0 Å². The number of rotatable bonds is 4. The van der Waals surface area contributed by atoms with Gasteiger partial charge in [-0.25, -0.2) is 0 Å². The van der Waals surface area contributed by atoms with Crippen molar-refractivity contribution in [3.05, 3.63) is 0 Å². The number of primary amides is 1. The highest BCUT2D eigenvalue weighted by Gasteiger charge is 2.32. The van der Waals surface area contributed by atoms with Gasteiger partial charge in [-0.3, -0.25) is 4.79 Å². The van der Waals surface area contributed by atoms with Crippen LogP contribution in [0.5, 0.6) is 0 Å². The number of nitrogens with zero attached hydrogens (tertiary/aromatic N) is 1. The van der Waals surface area contributed by atoms with Gasteiger partial charge in [0.1, 0.15) is 0 Å². The van der Waals surface area contributed by atoms with Crippen molar-refractivity contribution in [2.45, 2.75) is 33.2 Å². The smallest absolute Gasteiger partial charge is 0.235 e. The Labute approximate surface area is 98.6 Å². The molecule has 2 atom stereocenters. The first-order valence-electron chi connectivity index (χ1n) is 6.03. The molecule has 1 aliphatic rings. The molecule has 0 aromatic heterocycles. The van der Waals surface area contributed by atoms with Gasteiger partial charge in [0.2, 0.25) is 5.91 Å². The first kappa shape index (κ1) is 13.5. The Morgan fingerprint density at radius 3 is 2.56 bits per heavy atom. The molecule has 1 saturated heterocycles. The quantitative estimate of drug-likeness (QED) is 0.732. The first-order valence-corrected chi connectivity index (χ1v) is 6.03. The van der Waals surface area contributed by atoms with Crippen LogP contribution in [0.15, 0.2) is 0 Å². The second-order valence-electron chi connectivity index (χ2n) is 5.85. The summed E-state index contributed by atoms with van der Waals surface area (Å²) in [6.45, 7) is 9.74. The summed E-state index contributed by atoms with van der Waals surface area (Å²) in [7, 11) is 1.78. The van der Waals surface area contributed by atoms with Gasteiger partial charge in [-0.15, -0.1) is 0 Å². The Morgan fingerprint density at radius 1 is 1.56 bits per heavy atom. The highest BCUT2D eigenvalue weighted by atomic mass is 16.1. The van der Waals surface area contributed by atoms with Crippen LogP contribution in [0.3, 0.4) is 0 Å². The average Bonchev–Trinajstić information content (AvgIpc) is 2.61. The fraction of sp³-hybridized carbons (Fsp3) is 0.917. The SMILES string of the molecule is CNC(CN1CCC(C(C)(C)C)C1)C(N)=O. The van der Waals surface area contributed by atoms with Gasteiger partial charge < -0.3 is 16.0 Å². The lowest BCUT2D eigenvalue weighted by Crippen LogP contribution is -2.47. The van der Waals surface area contributed by atoms with E-state index in [2.05, 4.69) is 31.0 Å². The second-order valence-corrected chi connectivity index (χ2v) is 5.85. The number of amides is 1. The molecular formula is C12H25N3O. The summed E-state index contributed by atoms with van der Waals surface area (Å²) in [4.78, 5) is 13.5. The molecule has 0 radical (unpaired) electrons. The molecule has 2 unspecified atom stereocenters. The minimum atomic E-state index is -0.262. The van der Waals surface area contributed by atoms with Gasteiger partial charge >= 0.3 is 0 Å². The molecular weight excluding hydrogens is 202 g/mol. The predicted octanol–water partition coefficient (Wildman–Crippen LogP) is 0.428. The van der Waals surface area contributed by atoms with E-state index in [-0.39, 0.29) is 11.9 Å². The van der Waals surface area contributed by atoms with Crippen molar-refractivity contribution in [3.8, 4) is 0 Å². The van der Waals surface area contributed by atoms with Gasteiger partial charge in [-0.2, -0.15) is 0 Å². The lowest BCUT2D eigenvalue weighted by Gasteiger charge is -2.27. The lowest BCUT2D eigenvalue weighted by molar-refractivity contribution is -0.120. The molecule has 0 bridgehead atoms. The van der Waals surface area contributed by atoms with Crippen molar-refractivity contribution >= 4 is 5.91 Å². The van der Waals surface area contributed by atoms with Crippen LogP contribution in [0, 0.1) is 11.3 Å². The zero-order valence-electron chi connectivity index (χ0n) is 10.9. The maximum absolute atomic E-state index is 11.1. The summed E-state index contributed by atoms with van der Waals surface area (Å²) in [6, 6.07) is -0.223. The van der Waals surface area contributed by atoms with Gasteiger partial charge in [0, 0.05) is 13.1 Å². The Balaban J connectivity index is 2.45. The Morgan fingerprint density at radius 2 is 2.19 bits per heavy atom. The van der Waals surface area contributed by atoms with Crippen LogP contribution in [-0.4, -0.2) is 43.5 Å². The Hall–Kier alpha value is -0.610. The topological polar surface area (TPSA) is 58.4 Å². The molecule has 0 aromatic carbocycles. The first-order chi connectivity index (χ1) is 7.34. The van der Waals surface area contributed by atoms with Gasteiger partial charge in [0.25, 0.3) is 0 Å². The van der Waals surface area contributed by atoms with Gasteiger partial charge in [-0.05, 0) is 31.3 Å². The summed E-state index contributed by atoms with van der Waals surface area (Å²) in [5, 5.41) is 2.97. The van der Waals surface area contributed by atoms with Crippen LogP contribution >= 0.6 is 0 Å². The molecule has 94 valence electrons. The maximum Gasteiger partial charge on any atom is 0.235 e. The van der Waals surface area contributed by atoms with E-state index < -0.39 is 0 Å². The number of hydrogen-bond donors (Lipinski definition) is 2. The molecule has 1 heterocycles. The summed E-state index contributed by atoms with van der Waals surface area (Å²) >= 11 is 0. The molecule has 1 aliphatic heterocycles. The number of carbonyl (C=O) groups is 1. The summed E-state index contributed by atoms with van der Waals surface area (Å²) in [6.07, 6.45) is 1.22. The third-order valence-corrected chi connectivity index (χ3v) is 3.63. The molecule has 0 spiro atoms. The van der Waals surface area contributed by atoms with Crippen molar-refractivity contribution in [1.29, 1.82) is 0 Å². The fourth-order valence-corrected chi connectivity index (χ4v) is 2.29. The van der Waals surface area contributed by atoms with E-state index in [0.717, 1.165) is 25.6 Å². The van der Waals surface area contributed by atoms with Crippen LogP contribution in [0.1, 0.15) is 27.2 Å². The molecule has 4 heteroatoms. The molecule has 1 fully saturated rings. The average molecular weight is 227 g/mol. The number of likely N-dealkylation sites (N-methyl/N-ethyl adjacent to an activating group) is 1. The molecule has 1 rings (SSSR count). The van der Waals surface area contributed by atoms with E-state index in [0.29, 0.717) is 5.41 Å². The van der Waals surface area contributed by atoms with Crippen LogP contribution < -0.4 is 11.1 Å². The highest BCUT2D eigenvalue weighted by Crippen LogP contribution is 2.33. The highest BCUT2D eigenvalue weighted by molar-refractivity contribution is 5.80. The van der Waals surface area contributed by atoms with E-state index in [4.69, 9.17) is 5.73 Å². The van der Waals surface area contributed by atoms with Crippen LogP contribution in [0.4, 0.5) is 0 Å². The number of hydrogen-bond acceptors (Lipinski definition) is 3. The normalized spacial score (nSPS) is 24.6. The zero-order valence-corrected chi connectivity index (χ0v) is 10.9. The van der Waals surface area contributed by atoms with Gasteiger partial charge in [0.15, 0.2) is 0 Å². The predicted molar refractivity (Wildman–Crippen MR) is 66.0 cm³/mol. The number of likely N-dealkylation sites (tertiary alicyclic amines) is 1. The number of nitrogens with one attached hydrogen (secondary N) is 1. The number of carbonyl (C=O) groups excluding carboxylic acids is 1. The monoisotopic (exact) mass is 227 g/mol. The fourth-order valence-electron chi connectivity index (χ4n) is 2.29. The summed E-state index contributed by atoms with van der Waals surface area (Å²) < 4.78 is 0. The standard InChI is InChI=1S/C12H25N3O/c1-12(2,3)9-5-6-15(7-9)8-10(14-4)11(13)16/h9-10,14H,5-8H2,1-4H3,(H2,13,16). The van der Waals surface area contributed by atoms with Gasteiger partial charge in [0.05, 0.1) is 6.04 Å². The summed E-state index contributed by atoms with van der Waals surface area (Å²) in [5.74, 6) is 0.458. The van der Waals surface area contributed by atoms with Crippen molar-refractivity contribution < 1.29 is 4.79 Å². The van der Waals surface area contributed by atoms with Crippen molar-refractivity contribution in [2.75, 3.05) is 26.7 Å². The van der Waals surface area contributed by atoms with Crippen molar-refractivity contribution in [1.82, 2.24) is 10.2 Å². The molecule has 4 nitrogen and oxygen atoms in total. The van der Waals surface area contributed by atoms with E-state index in [1.54, 1.807) is 7.05 Å². The van der Waals surface area contributed by atoms with Crippen LogP contribution in [0.2, 0.25) is 0 Å². The van der Waals surface area contributed by atoms with E-state index in [9.17, 15) is 4.79 Å². The molecule has 0 aromatic rings. The Kier molecular flexibility index (Phi) is 4.33. The zero-order chi connectivity index (χ0) is 12.3. The maximum atomic E-state index is 11.1. The van der Waals surface area contributed by atoms with Crippen LogP contribution in [-0.2, 0) is 4.79 Å². The molecule has 0 saturated carbocycles. The van der Waals surface area contributed by atoms with Crippen molar-refractivity contribution in [2.24, 2.45) is 17.1 Å². The third-order valence-electron chi connectivity index (χ3n) is 3.63. The van der Waals surface area contributed by atoms with Gasteiger partial charge in [-0.1, -0.05) is 20.8 Å². The lowest BCUT2D eigenvalue weighted by atomic mass is 9.80. The molecule has 3 N–H and O–H groups in total. The van der Waals surface area contributed by atoms with Crippen molar-refractivity contribution in [3.63, 3.8) is 0 Å².